The quantitative estimate of drug-likeness (QED) is 0.447. The van der Waals surface area contributed by atoms with Crippen LogP contribution in [0.1, 0.15) is 22.3 Å². The number of hydrogen-bond donors (Lipinski definition) is 3. The lowest BCUT2D eigenvalue weighted by atomic mass is 10.0. The maximum absolute atomic E-state index is 11.6. The molecule has 5 nitrogen and oxygen atoms in total. The Labute approximate surface area is 90.3 Å². The monoisotopic (exact) mass is 220 g/mol. The van der Waals surface area contributed by atoms with Gasteiger partial charge in [0.05, 0.1) is 5.56 Å². The van der Waals surface area contributed by atoms with Crippen molar-refractivity contribution in [1.82, 2.24) is 0 Å². The van der Waals surface area contributed by atoms with E-state index in [1.165, 1.54) is 12.2 Å². The molecule has 0 heterocycles. The van der Waals surface area contributed by atoms with Crippen LogP contribution in [0.5, 0.6) is 17.2 Å². The summed E-state index contributed by atoms with van der Waals surface area (Å²) in [6.45, 7) is 0. The topological polar surface area (TPSA) is 94.8 Å². The van der Waals surface area contributed by atoms with Gasteiger partial charge in [-0.25, -0.2) is 0 Å². The van der Waals surface area contributed by atoms with Gasteiger partial charge in [0.2, 0.25) is 17.3 Å². The highest BCUT2D eigenvalue weighted by atomic mass is 16.3. The average Bonchev–Trinajstić information content (AvgIpc) is 2.37. The van der Waals surface area contributed by atoms with Gasteiger partial charge in [-0.15, -0.1) is 0 Å². The summed E-state index contributed by atoms with van der Waals surface area (Å²) >= 11 is 0. The first-order chi connectivity index (χ1) is 7.52. The van der Waals surface area contributed by atoms with E-state index < -0.39 is 28.8 Å². The molecule has 82 valence electrons. The third-order valence-electron chi connectivity index (χ3n) is 2.37. The molecule has 16 heavy (non-hydrogen) atoms. The highest BCUT2D eigenvalue weighted by Crippen LogP contribution is 2.41. The van der Waals surface area contributed by atoms with Crippen LogP contribution in [0.4, 0.5) is 0 Å². The van der Waals surface area contributed by atoms with E-state index in [9.17, 15) is 24.9 Å². The lowest BCUT2D eigenvalue weighted by Crippen LogP contribution is -2.13. The third kappa shape index (κ3) is 1.33. The Morgan fingerprint density at radius 1 is 1.06 bits per heavy atom. The molecule has 1 aromatic carbocycles. The predicted octanol–water partition coefficient (Wildman–Crippen LogP) is 0.972. The Morgan fingerprint density at radius 2 is 1.75 bits per heavy atom. The number of aromatic hydroxyl groups is 3. The fourth-order valence-electron chi connectivity index (χ4n) is 1.56. The molecular formula is C11H8O5. The maximum Gasteiger partial charge on any atom is 0.233 e. The van der Waals surface area contributed by atoms with Crippen molar-refractivity contribution in [2.75, 3.05) is 0 Å². The van der Waals surface area contributed by atoms with E-state index in [1.54, 1.807) is 0 Å². The minimum absolute atomic E-state index is 0.0610. The van der Waals surface area contributed by atoms with Crippen LogP contribution >= 0.6 is 0 Å². The summed E-state index contributed by atoms with van der Waals surface area (Å²) in [6, 6.07) is 1.12. The lowest BCUT2D eigenvalue weighted by Gasteiger charge is -2.08. The molecule has 0 atom stereocenters. The number of allylic oxidation sites excluding steroid dienone is 1. The molecule has 0 unspecified atom stereocenters. The van der Waals surface area contributed by atoms with E-state index in [4.69, 9.17) is 0 Å². The number of ketones is 2. The molecule has 0 saturated carbocycles. The molecule has 1 aromatic rings. The fourth-order valence-corrected chi connectivity index (χ4v) is 1.56. The van der Waals surface area contributed by atoms with Crippen LogP contribution in [0.3, 0.4) is 0 Å². The number of fused-ring (bicyclic) bond motifs is 1. The molecule has 1 aliphatic rings. The molecule has 3 N–H and O–H groups in total. The zero-order valence-corrected chi connectivity index (χ0v) is 8.10. The Balaban J connectivity index is 2.78. The number of rotatable bonds is 0. The van der Waals surface area contributed by atoms with Crippen LogP contribution < -0.4 is 0 Å². The van der Waals surface area contributed by atoms with Crippen molar-refractivity contribution in [2.24, 2.45) is 0 Å². The minimum Gasteiger partial charge on any atom is -0.504 e. The number of phenolic OH excluding ortho intramolecular Hbond substituents is 3. The standard InChI is InChI=1S/C11H8O5/c12-6-3-1-2-5-4-7(13)10(15)11(16)8(5)9(6)14/h1-2,4,13,15-16H,3H2. The highest BCUT2D eigenvalue weighted by Gasteiger charge is 2.27. The van der Waals surface area contributed by atoms with Crippen molar-refractivity contribution >= 4 is 17.6 Å². The van der Waals surface area contributed by atoms with Crippen LogP contribution in [0.2, 0.25) is 0 Å². The van der Waals surface area contributed by atoms with Crippen molar-refractivity contribution in [2.45, 2.75) is 6.42 Å². The number of carbonyl (C=O) groups excluding carboxylic acids is 2. The molecule has 0 fully saturated rings. The molecule has 0 bridgehead atoms. The van der Waals surface area contributed by atoms with Gasteiger partial charge in [-0.3, -0.25) is 9.59 Å². The van der Waals surface area contributed by atoms with Crippen LogP contribution in [-0.4, -0.2) is 26.9 Å². The lowest BCUT2D eigenvalue weighted by molar-refractivity contribution is -0.114. The van der Waals surface area contributed by atoms with Crippen LogP contribution in [-0.2, 0) is 4.79 Å². The molecule has 0 spiro atoms. The molecule has 0 saturated heterocycles. The van der Waals surface area contributed by atoms with Crippen LogP contribution in [0.25, 0.3) is 6.08 Å². The largest absolute Gasteiger partial charge is 0.504 e. The Bertz CT molecular complexity index is 528. The van der Waals surface area contributed by atoms with Gasteiger partial charge in [0, 0.05) is 6.42 Å². The van der Waals surface area contributed by atoms with Gasteiger partial charge in [-0.05, 0) is 11.6 Å². The van der Waals surface area contributed by atoms with Gasteiger partial charge in [-0.2, -0.15) is 0 Å². The first-order valence-corrected chi connectivity index (χ1v) is 4.54. The number of carbonyl (C=O) groups is 2. The molecule has 2 rings (SSSR count). The molecular weight excluding hydrogens is 212 g/mol. The Hall–Kier alpha value is -2.30. The Morgan fingerprint density at radius 3 is 2.44 bits per heavy atom. The maximum atomic E-state index is 11.6. The van der Waals surface area contributed by atoms with Crippen molar-refractivity contribution < 1.29 is 24.9 Å². The molecule has 0 amide bonds. The average molecular weight is 220 g/mol. The summed E-state index contributed by atoms with van der Waals surface area (Å²) in [5, 5.41) is 28.1. The van der Waals surface area contributed by atoms with E-state index in [1.807, 2.05) is 0 Å². The van der Waals surface area contributed by atoms with Crippen molar-refractivity contribution in [1.29, 1.82) is 0 Å². The first-order valence-electron chi connectivity index (χ1n) is 4.54. The number of hydrogen-bond acceptors (Lipinski definition) is 5. The van der Waals surface area contributed by atoms with E-state index in [0.717, 1.165) is 6.07 Å². The van der Waals surface area contributed by atoms with Crippen molar-refractivity contribution in [3.63, 3.8) is 0 Å². The van der Waals surface area contributed by atoms with Crippen molar-refractivity contribution in [3.05, 3.63) is 23.3 Å². The third-order valence-corrected chi connectivity index (χ3v) is 2.37. The van der Waals surface area contributed by atoms with Gasteiger partial charge in [-0.1, -0.05) is 12.2 Å². The van der Waals surface area contributed by atoms with E-state index in [-0.39, 0.29) is 17.5 Å². The summed E-state index contributed by atoms with van der Waals surface area (Å²) in [6.07, 6.45) is 2.84. The van der Waals surface area contributed by atoms with Gasteiger partial charge in [0.15, 0.2) is 11.5 Å². The normalized spacial score (nSPS) is 14.8. The molecule has 0 aliphatic heterocycles. The first kappa shape index (κ1) is 10.2. The van der Waals surface area contributed by atoms with E-state index >= 15 is 0 Å². The predicted molar refractivity (Wildman–Crippen MR) is 54.4 cm³/mol. The zero-order chi connectivity index (χ0) is 11.9. The smallest absolute Gasteiger partial charge is 0.233 e. The number of Topliss-reactive ketones (excluding diaryl/α,β-unsaturated/α-hetero) is 2. The Kier molecular flexibility index (Phi) is 2.16. The summed E-state index contributed by atoms with van der Waals surface area (Å²) < 4.78 is 0. The zero-order valence-electron chi connectivity index (χ0n) is 8.10. The summed E-state index contributed by atoms with van der Waals surface area (Å²) in [7, 11) is 0. The van der Waals surface area contributed by atoms with Crippen LogP contribution in [0, 0.1) is 0 Å². The number of benzene rings is 1. The molecule has 0 aromatic heterocycles. The second-order valence-electron chi connectivity index (χ2n) is 3.42. The molecule has 5 heteroatoms. The van der Waals surface area contributed by atoms with Crippen molar-refractivity contribution in [3.8, 4) is 17.2 Å². The SMILES string of the molecule is O=C1CC=Cc2cc(O)c(O)c(O)c2C1=O. The summed E-state index contributed by atoms with van der Waals surface area (Å²) in [5.74, 6) is -3.64. The van der Waals surface area contributed by atoms with Crippen LogP contribution in [0.15, 0.2) is 12.1 Å². The summed E-state index contributed by atoms with van der Waals surface area (Å²) in [4.78, 5) is 22.8. The number of phenols is 3. The van der Waals surface area contributed by atoms with E-state index in [0.29, 0.717) is 0 Å². The molecule has 0 radical (unpaired) electrons. The fraction of sp³-hybridized carbons (Fsp3) is 0.0909. The minimum atomic E-state index is -0.868. The summed E-state index contributed by atoms with van der Waals surface area (Å²) in [5.41, 5.74) is -0.0577. The second kappa shape index (κ2) is 3.37. The van der Waals surface area contributed by atoms with Gasteiger partial charge < -0.3 is 15.3 Å². The highest BCUT2D eigenvalue weighted by molar-refractivity contribution is 6.45. The van der Waals surface area contributed by atoms with Gasteiger partial charge in [0.1, 0.15) is 0 Å². The molecule has 1 aliphatic carbocycles. The van der Waals surface area contributed by atoms with Gasteiger partial charge >= 0.3 is 0 Å². The van der Waals surface area contributed by atoms with E-state index in [2.05, 4.69) is 0 Å². The van der Waals surface area contributed by atoms with Gasteiger partial charge in [0.25, 0.3) is 0 Å². The second-order valence-corrected chi connectivity index (χ2v) is 3.42.